The lowest BCUT2D eigenvalue weighted by atomic mass is 9.83. The Morgan fingerprint density at radius 2 is 2.36 bits per heavy atom. The van der Waals surface area contributed by atoms with Gasteiger partial charge in [0, 0.05) is 13.0 Å². The van der Waals surface area contributed by atoms with Crippen LogP contribution in [0.5, 0.6) is 0 Å². The predicted octanol–water partition coefficient (Wildman–Crippen LogP) is 1.27. The summed E-state index contributed by atoms with van der Waals surface area (Å²) in [7, 11) is 1.94. The highest BCUT2D eigenvalue weighted by atomic mass is 15.1. The summed E-state index contributed by atoms with van der Waals surface area (Å²) in [6, 6.07) is 0. The van der Waals surface area contributed by atoms with Crippen LogP contribution in [0.1, 0.15) is 30.9 Å². The number of imidazole rings is 1. The molecule has 0 amide bonds. The van der Waals surface area contributed by atoms with Gasteiger partial charge in [-0.05, 0) is 12.8 Å². The van der Waals surface area contributed by atoms with Gasteiger partial charge in [0.1, 0.15) is 5.82 Å². The first kappa shape index (κ1) is 6.70. The van der Waals surface area contributed by atoms with E-state index in [4.69, 9.17) is 5.73 Å². The Balaban J connectivity index is 2.29. The molecule has 1 saturated carbocycles. The van der Waals surface area contributed by atoms with Gasteiger partial charge in [0.15, 0.2) is 0 Å². The molecule has 0 atom stereocenters. The largest absolute Gasteiger partial charge is 0.384 e. The summed E-state index contributed by atoms with van der Waals surface area (Å²) in [6.07, 6.45) is 5.66. The molecule has 3 nitrogen and oxygen atoms in total. The van der Waals surface area contributed by atoms with E-state index in [1.54, 1.807) is 6.33 Å². The van der Waals surface area contributed by atoms with Crippen molar-refractivity contribution in [2.24, 2.45) is 7.05 Å². The van der Waals surface area contributed by atoms with E-state index in [1.807, 2.05) is 11.6 Å². The normalized spacial score (nSPS) is 18.3. The monoisotopic (exact) mass is 151 g/mol. The third-order valence-corrected chi connectivity index (χ3v) is 2.50. The van der Waals surface area contributed by atoms with Crippen molar-refractivity contribution >= 4 is 5.82 Å². The van der Waals surface area contributed by atoms with E-state index in [2.05, 4.69) is 4.98 Å². The Hall–Kier alpha value is -0.990. The average Bonchev–Trinajstić information content (AvgIpc) is 2.15. The molecule has 2 N–H and O–H groups in total. The lowest BCUT2D eigenvalue weighted by Gasteiger charge is -2.23. The molecule has 0 saturated heterocycles. The summed E-state index contributed by atoms with van der Waals surface area (Å²) < 4.78 is 1.88. The highest BCUT2D eigenvalue weighted by Crippen LogP contribution is 2.37. The minimum atomic E-state index is 0.649. The van der Waals surface area contributed by atoms with Crippen LogP contribution in [-0.4, -0.2) is 9.55 Å². The Morgan fingerprint density at radius 1 is 1.64 bits per heavy atom. The van der Waals surface area contributed by atoms with Crippen molar-refractivity contribution in [3.8, 4) is 0 Å². The molecule has 0 unspecified atom stereocenters. The van der Waals surface area contributed by atoms with E-state index in [-0.39, 0.29) is 0 Å². The maximum absolute atomic E-state index is 5.81. The van der Waals surface area contributed by atoms with Crippen molar-refractivity contribution in [2.45, 2.75) is 25.2 Å². The molecule has 1 aromatic rings. The van der Waals surface area contributed by atoms with Crippen molar-refractivity contribution in [3.63, 3.8) is 0 Å². The third-order valence-electron chi connectivity index (χ3n) is 2.50. The zero-order chi connectivity index (χ0) is 7.84. The quantitative estimate of drug-likeness (QED) is 0.656. The molecule has 0 radical (unpaired) electrons. The van der Waals surface area contributed by atoms with Gasteiger partial charge >= 0.3 is 0 Å². The fraction of sp³-hybridized carbons (Fsp3) is 0.625. The first-order valence-corrected chi connectivity index (χ1v) is 4.05. The summed E-state index contributed by atoms with van der Waals surface area (Å²) >= 11 is 0. The molecule has 2 rings (SSSR count). The van der Waals surface area contributed by atoms with E-state index < -0.39 is 0 Å². The fourth-order valence-electron chi connectivity index (χ4n) is 1.45. The number of aryl methyl sites for hydroxylation is 1. The lowest BCUT2D eigenvalue weighted by Crippen LogP contribution is -2.11. The van der Waals surface area contributed by atoms with Gasteiger partial charge in [-0.2, -0.15) is 0 Å². The third kappa shape index (κ3) is 0.914. The van der Waals surface area contributed by atoms with Crippen molar-refractivity contribution < 1.29 is 0 Å². The van der Waals surface area contributed by atoms with Gasteiger partial charge in [-0.1, -0.05) is 6.42 Å². The van der Waals surface area contributed by atoms with Gasteiger partial charge in [0.05, 0.1) is 12.0 Å². The van der Waals surface area contributed by atoms with Crippen molar-refractivity contribution in [1.82, 2.24) is 9.55 Å². The van der Waals surface area contributed by atoms with Crippen LogP contribution in [0.4, 0.5) is 5.82 Å². The molecule has 0 aliphatic heterocycles. The topological polar surface area (TPSA) is 43.8 Å². The average molecular weight is 151 g/mol. The van der Waals surface area contributed by atoms with Crippen LogP contribution in [0.25, 0.3) is 0 Å². The van der Waals surface area contributed by atoms with Crippen LogP contribution < -0.4 is 5.73 Å². The first-order valence-electron chi connectivity index (χ1n) is 4.05. The van der Waals surface area contributed by atoms with Gasteiger partial charge in [0.2, 0.25) is 0 Å². The fourth-order valence-corrected chi connectivity index (χ4v) is 1.45. The number of nitrogen functional groups attached to an aromatic ring is 1. The second-order valence-electron chi connectivity index (χ2n) is 3.25. The number of hydrogen-bond acceptors (Lipinski definition) is 2. The van der Waals surface area contributed by atoms with Crippen molar-refractivity contribution in [1.29, 1.82) is 0 Å². The van der Waals surface area contributed by atoms with Gasteiger partial charge in [0.25, 0.3) is 0 Å². The molecule has 11 heavy (non-hydrogen) atoms. The Morgan fingerprint density at radius 3 is 2.73 bits per heavy atom. The van der Waals surface area contributed by atoms with Crippen LogP contribution in [-0.2, 0) is 7.05 Å². The van der Waals surface area contributed by atoms with E-state index in [0.717, 1.165) is 11.5 Å². The summed E-state index contributed by atoms with van der Waals surface area (Å²) in [5.74, 6) is 1.49. The molecule has 3 heteroatoms. The predicted molar refractivity (Wildman–Crippen MR) is 44.2 cm³/mol. The Bertz CT molecular complexity index is 260. The number of anilines is 1. The zero-order valence-electron chi connectivity index (χ0n) is 6.75. The van der Waals surface area contributed by atoms with Gasteiger partial charge in [-0.25, -0.2) is 4.98 Å². The second kappa shape index (κ2) is 2.26. The maximum Gasteiger partial charge on any atom is 0.126 e. The minimum absolute atomic E-state index is 0.649. The van der Waals surface area contributed by atoms with Crippen molar-refractivity contribution in [3.05, 3.63) is 12.0 Å². The Kier molecular flexibility index (Phi) is 1.37. The molecule has 1 aromatic heterocycles. The summed E-state index contributed by atoms with van der Waals surface area (Å²) in [5.41, 5.74) is 6.92. The highest BCUT2D eigenvalue weighted by molar-refractivity contribution is 5.38. The summed E-state index contributed by atoms with van der Waals surface area (Å²) in [4.78, 5) is 4.28. The maximum atomic E-state index is 5.81. The smallest absolute Gasteiger partial charge is 0.126 e. The molecule has 1 fully saturated rings. The minimum Gasteiger partial charge on any atom is -0.384 e. The SMILES string of the molecule is Cn1cnc(C2CCC2)c1N. The molecular formula is C8H13N3. The zero-order valence-corrected chi connectivity index (χ0v) is 6.75. The number of hydrogen-bond donors (Lipinski definition) is 1. The van der Waals surface area contributed by atoms with Crippen LogP contribution in [0.2, 0.25) is 0 Å². The van der Waals surface area contributed by atoms with Gasteiger partial charge in [-0.3, -0.25) is 0 Å². The molecular weight excluding hydrogens is 138 g/mol. The highest BCUT2D eigenvalue weighted by Gasteiger charge is 2.24. The van der Waals surface area contributed by atoms with Crippen LogP contribution in [0.3, 0.4) is 0 Å². The molecule has 60 valence electrons. The molecule has 1 heterocycles. The molecule has 1 aliphatic rings. The standard InChI is InChI=1S/C8H13N3/c1-11-5-10-7(8(11)9)6-3-2-4-6/h5-6H,2-4,9H2,1H3. The van der Waals surface area contributed by atoms with Gasteiger partial charge < -0.3 is 10.3 Å². The molecule has 0 aromatic carbocycles. The number of rotatable bonds is 1. The van der Waals surface area contributed by atoms with E-state index in [0.29, 0.717) is 5.92 Å². The first-order chi connectivity index (χ1) is 5.29. The van der Waals surface area contributed by atoms with Gasteiger partial charge in [-0.15, -0.1) is 0 Å². The number of nitrogens with zero attached hydrogens (tertiary/aromatic N) is 2. The van der Waals surface area contributed by atoms with Crippen molar-refractivity contribution in [2.75, 3.05) is 5.73 Å². The van der Waals surface area contributed by atoms with Crippen LogP contribution in [0, 0.1) is 0 Å². The van der Waals surface area contributed by atoms with Crippen LogP contribution in [0.15, 0.2) is 6.33 Å². The summed E-state index contributed by atoms with van der Waals surface area (Å²) in [6.45, 7) is 0. The second-order valence-corrected chi connectivity index (χ2v) is 3.25. The molecule has 0 bridgehead atoms. The molecule has 1 aliphatic carbocycles. The van der Waals surface area contributed by atoms with Crippen LogP contribution >= 0.6 is 0 Å². The number of aromatic nitrogens is 2. The number of nitrogens with two attached hydrogens (primary N) is 1. The molecule has 0 spiro atoms. The summed E-state index contributed by atoms with van der Waals surface area (Å²) in [5, 5.41) is 0. The lowest BCUT2D eigenvalue weighted by molar-refractivity contribution is 0.413. The Labute approximate surface area is 66.2 Å². The van der Waals surface area contributed by atoms with E-state index >= 15 is 0 Å². The van der Waals surface area contributed by atoms with E-state index in [9.17, 15) is 0 Å². The van der Waals surface area contributed by atoms with E-state index in [1.165, 1.54) is 19.3 Å².